The minimum atomic E-state index is -4.58. The van der Waals surface area contributed by atoms with Gasteiger partial charge in [-0.05, 0) is 166 Å². The molecule has 5 atom stereocenters. The van der Waals surface area contributed by atoms with Gasteiger partial charge in [0, 0.05) is 44.8 Å². The molecule has 0 spiro atoms. The SMILES string of the molecule is CC#N.CCC(C(=O)Cl)n1cc(C(F)(F)F)nc1C.CCC(C(=O)N1CCCc2c1cnn2-c1ccc(F)cc1)n1cc(C(F)(F)F)nc1C.CCC(C(=O)O)n1cc(C(F)(F)F)nc1C.CCC(C(C)=O)n1cc(C(F)(F)F)nc1C.CCOC(=O)C(Br)CC.Cc1ncc(C(F)(F)F)[nH]1.Fc1ccc(-n2ncc3c2CCCN3)cc1.O=CO[O-].[2H]CF.[H-].[K+].[K+]. The van der Waals surface area contributed by atoms with Gasteiger partial charge in [0.05, 0.1) is 80.0 Å². The van der Waals surface area contributed by atoms with Crippen LogP contribution in [0.5, 0.6) is 0 Å². The first-order chi connectivity index (χ1) is 57.8. The van der Waals surface area contributed by atoms with E-state index in [9.17, 15) is 103 Å². The number of nitrogens with one attached hydrogen (secondary N) is 2. The molecule has 3 N–H and O–H groups in total. The third kappa shape index (κ3) is 36.3. The van der Waals surface area contributed by atoms with Gasteiger partial charge in [-0.1, -0.05) is 50.5 Å². The number of Topliss-reactive ketones (excluding diaryl/α,β-unsaturated/α-hetero) is 1. The number of aromatic nitrogens is 14. The molecule has 9 aromatic rings. The number of aryl methyl sites for hydroxylation is 5. The molecule has 49 heteroatoms. The van der Waals surface area contributed by atoms with Crippen LogP contribution in [0.15, 0.2) is 91.9 Å². The van der Waals surface area contributed by atoms with Crippen molar-refractivity contribution in [3.63, 3.8) is 0 Å². The number of carboxylic acid groups (broad SMARTS) is 1. The van der Waals surface area contributed by atoms with E-state index in [1.807, 2.05) is 17.8 Å². The Bertz CT molecular complexity index is 4700. The number of nitriles is 1. The van der Waals surface area contributed by atoms with Crippen molar-refractivity contribution < 1.29 is 233 Å². The van der Waals surface area contributed by atoms with E-state index in [0.29, 0.717) is 56.6 Å². The van der Waals surface area contributed by atoms with Crippen LogP contribution in [0.4, 0.5) is 90.4 Å². The Morgan fingerprint density at radius 2 is 0.992 bits per heavy atom. The van der Waals surface area contributed by atoms with Gasteiger partial charge in [0.1, 0.15) is 69.4 Å². The van der Waals surface area contributed by atoms with Crippen LogP contribution in [-0.4, -0.2) is 140 Å². The van der Waals surface area contributed by atoms with Crippen molar-refractivity contribution >= 4 is 74.2 Å². The van der Waals surface area contributed by atoms with Crippen LogP contribution >= 0.6 is 27.5 Å². The van der Waals surface area contributed by atoms with Crippen LogP contribution < -0.4 is 118 Å². The van der Waals surface area contributed by atoms with Gasteiger partial charge in [0.25, 0.3) is 6.47 Å². The van der Waals surface area contributed by atoms with Crippen LogP contribution in [0, 0.1) is 57.6 Å². The molecule has 0 aliphatic carbocycles. The molecule has 1 amide bonds. The van der Waals surface area contributed by atoms with Crippen molar-refractivity contribution in [3.05, 3.63) is 173 Å². The number of esters is 1. The summed E-state index contributed by atoms with van der Waals surface area (Å²) in [4.78, 5) is 89.1. The van der Waals surface area contributed by atoms with E-state index < -0.39 is 102 Å². The molecule has 2 aliphatic heterocycles. The number of alkyl halides is 17. The molecule has 125 heavy (non-hydrogen) atoms. The number of nitrogens with zero attached hydrogens (tertiary/aromatic N) is 15. The Morgan fingerprint density at radius 3 is 1.30 bits per heavy atom. The second-order valence-electron chi connectivity index (χ2n) is 25.6. The summed E-state index contributed by atoms with van der Waals surface area (Å²) < 4.78 is 240. The fourth-order valence-electron chi connectivity index (χ4n) is 11.5. The maximum atomic E-state index is 13.4. The zero-order valence-corrected chi connectivity index (χ0v) is 78.8. The average molecular weight is 1940 g/mol. The van der Waals surface area contributed by atoms with Crippen LogP contribution in [0.25, 0.3) is 11.4 Å². The summed E-state index contributed by atoms with van der Waals surface area (Å²) in [6, 6.07) is 10.8. The number of anilines is 2. The van der Waals surface area contributed by atoms with Crippen LogP contribution in [0.2, 0.25) is 0 Å². The van der Waals surface area contributed by atoms with Crippen molar-refractivity contribution in [2.45, 2.75) is 208 Å². The molecule has 11 rings (SSSR count). The molecule has 9 heterocycles. The Balaban J connectivity index is 0. The van der Waals surface area contributed by atoms with Crippen molar-refractivity contribution in [2.75, 3.05) is 37.1 Å². The number of rotatable bonds is 18. The molecular weight excluding hydrogens is 1850 g/mol. The summed E-state index contributed by atoms with van der Waals surface area (Å²) >= 11 is 8.47. The number of aromatic amines is 1. The standard InChI is InChI=1S/C21H21F4N5O.C12H12FN3.C10H13F3N2O.C9H10ClF3N2O.C9H11F3N2O2.C6H11BrO2.C5H5F3N2.C2H3N.CH3F.CH2O3.2K.H/c1-3-16(29-12-19(21(23,24)25)27-13(29)2)20(31)28-10-4-5-17-18(28)11-26-30(17)15-8-6-14(22)7-9-15;13-9-3-5-10(6-4-9)16-12-2-1-7-14-11(12)8-15-16;1-4-8(6(2)16)15-5-9(10(11,12)13)14-7(15)3;1-3-6(8(10)16)15-4-7(9(11,12)13)14-5(15)2;1-3-6(8(15)16)14-4-7(9(10,11)12)13-5(14)2;1-3-5(7)6(8)9-4-2;1-3-9-2-4(10-3)5(6,7)8;1-2-3;1-2;2-1-4-3;;;/h6-9,11-12,16H,3-5,10H2,1-2H3;3-6,8,14H,1-2,7H2;5,8H,4H2,1-3H3;4,6H,3H2,1-2H3;4,6H,3H2,1-2H3,(H,15,16);5H,3-4H2,1-2H3;2H,1H3,(H,9,10);1H3;1H3;1,3H;;;/q;;;;;;;;;;2*+1;-1/p-1/i;;;;;;;;1D;;;;. The van der Waals surface area contributed by atoms with Crippen molar-refractivity contribution in [1.29, 1.82) is 5.26 Å². The normalized spacial score (nSPS) is 13.2. The number of halogens is 20. The van der Waals surface area contributed by atoms with E-state index in [0.717, 1.165) is 83.0 Å². The van der Waals surface area contributed by atoms with E-state index in [4.69, 9.17) is 38.1 Å². The van der Waals surface area contributed by atoms with E-state index >= 15 is 0 Å². The number of imidazole rings is 5. The topological polar surface area (TPSA) is 339 Å². The summed E-state index contributed by atoms with van der Waals surface area (Å²) in [5.74, 6) is -1.63. The number of hydrogen-bond acceptors (Lipinski definition) is 18. The summed E-state index contributed by atoms with van der Waals surface area (Å²) in [6.07, 6.45) is -9.37. The third-order valence-corrected chi connectivity index (χ3v) is 18.4. The molecule has 0 saturated heterocycles. The number of ketones is 1. The van der Waals surface area contributed by atoms with Gasteiger partial charge in [0.2, 0.25) is 11.1 Å². The van der Waals surface area contributed by atoms with Crippen molar-refractivity contribution in [3.8, 4) is 17.4 Å². The van der Waals surface area contributed by atoms with Gasteiger partial charge in [0.15, 0.2) is 28.6 Å². The molecule has 2 aliphatic rings. The second-order valence-corrected chi connectivity index (χ2v) is 27.0. The third-order valence-electron chi connectivity index (χ3n) is 17.1. The number of carbonyl (C=O) groups excluding carboxylic acids is 5. The number of fused-ring (bicyclic) bond motifs is 2. The predicted molar refractivity (Wildman–Crippen MR) is 413 cm³/mol. The second kappa shape index (κ2) is 55.1. The summed E-state index contributed by atoms with van der Waals surface area (Å²) in [6.45, 7) is 22.1. The number of carboxylic acids is 1. The van der Waals surface area contributed by atoms with Gasteiger partial charge >= 0.3 is 146 Å². The van der Waals surface area contributed by atoms with Crippen LogP contribution in [0.1, 0.15) is 196 Å². The monoisotopic (exact) mass is 1940 g/mol. The van der Waals surface area contributed by atoms with Gasteiger partial charge in [-0.2, -0.15) is 81.3 Å². The van der Waals surface area contributed by atoms with Gasteiger partial charge in [-0.25, -0.2) is 47.9 Å². The van der Waals surface area contributed by atoms with Crippen LogP contribution in [-0.2, 0) is 82.1 Å². The number of aliphatic carboxylic acids is 1. The zero-order chi connectivity index (χ0) is 94.7. The van der Waals surface area contributed by atoms with E-state index in [2.05, 4.69) is 66.2 Å². The Kier molecular flexibility index (Phi) is 50.8. The minimum absolute atomic E-state index is 0. The van der Waals surface area contributed by atoms with Crippen molar-refractivity contribution in [1.82, 2.24) is 67.7 Å². The Labute approximate surface area is 807 Å². The van der Waals surface area contributed by atoms with Crippen LogP contribution in [0.3, 0.4) is 0 Å². The van der Waals surface area contributed by atoms with Gasteiger partial charge in [-0.15, -0.1) is 0 Å². The molecular formula is C76H91BrClF18K2N17O10. The van der Waals surface area contributed by atoms with Crippen molar-refractivity contribution in [2.24, 2.45) is 0 Å². The number of H-pyrrole nitrogens is 1. The number of hydrogen-bond donors (Lipinski definition) is 3. The molecule has 5 unspecified atom stereocenters. The number of ether oxygens (including phenoxy) is 1. The van der Waals surface area contributed by atoms with Gasteiger partial charge in [-0.3, -0.25) is 28.4 Å². The quantitative estimate of drug-likeness (QED) is 0.0105. The first-order valence-corrected chi connectivity index (χ1v) is 38.0. The molecule has 0 bridgehead atoms. The van der Waals surface area contributed by atoms with E-state index in [1.165, 1.54) is 87.6 Å². The number of amides is 1. The summed E-state index contributed by atoms with van der Waals surface area (Å²) in [5, 5.41) is 35.9. The molecule has 7 aromatic heterocycles. The number of carbonyl (C=O) groups is 6. The summed E-state index contributed by atoms with van der Waals surface area (Å²) in [7, 11) is -1.00. The maximum Gasteiger partial charge on any atom is 1.00 e. The molecule has 0 saturated carbocycles. The smallest absolute Gasteiger partial charge is 1.00 e. The first kappa shape index (κ1) is 115. The fourth-order valence-corrected chi connectivity index (χ4v) is 11.8. The number of benzene rings is 2. The van der Waals surface area contributed by atoms with E-state index in [-0.39, 0.29) is 180 Å². The Morgan fingerprint density at radius 1 is 0.624 bits per heavy atom. The molecule has 682 valence electrons. The predicted octanol–water partition coefficient (Wildman–Crippen LogP) is 11.9. The maximum absolute atomic E-state index is 13.4. The minimum Gasteiger partial charge on any atom is -1.00 e. The van der Waals surface area contributed by atoms with E-state index in [1.54, 1.807) is 80.7 Å². The molecule has 0 fully saturated rings. The zero-order valence-electron chi connectivity index (χ0n) is 72.2. The largest absolute Gasteiger partial charge is 1.00 e. The average Bonchev–Trinajstić information content (AvgIpc) is 1.65. The first-order valence-electron chi connectivity index (χ1n) is 37.4. The molecule has 27 nitrogen and oxygen atoms in total. The molecule has 0 radical (unpaired) electrons. The fraction of sp³-hybridized carbons (Fsp3) is 0.474. The Hall–Kier alpha value is -7.84. The summed E-state index contributed by atoms with van der Waals surface area (Å²) in [5.41, 5.74) is 0.428. The molecule has 2 aromatic carbocycles. The van der Waals surface area contributed by atoms with Gasteiger partial charge < -0.3 is 54.9 Å².